The van der Waals surface area contributed by atoms with Gasteiger partial charge in [-0.2, -0.15) is 5.10 Å². The number of hydrogen-bond acceptors (Lipinski definition) is 5. The quantitative estimate of drug-likeness (QED) is 0.417. The molecule has 1 aliphatic rings. The van der Waals surface area contributed by atoms with Crippen LogP contribution in [0.15, 0.2) is 41.5 Å². The van der Waals surface area contributed by atoms with Crippen LogP contribution < -0.4 is 15.4 Å². The normalized spacial score (nSPS) is 14.7. The monoisotopic (exact) mass is 436 g/mol. The first-order valence-corrected chi connectivity index (χ1v) is 11.2. The molecule has 0 spiro atoms. The summed E-state index contributed by atoms with van der Waals surface area (Å²) in [6.45, 7) is 3.62. The summed E-state index contributed by atoms with van der Waals surface area (Å²) in [5, 5.41) is 19.9. The van der Waals surface area contributed by atoms with E-state index < -0.39 is 0 Å². The molecule has 2 N–H and O–H groups in total. The maximum atomic E-state index is 5.24. The summed E-state index contributed by atoms with van der Waals surface area (Å²) in [6, 6.07) is 10.6. The summed E-state index contributed by atoms with van der Waals surface area (Å²) in [7, 11) is 3.63. The lowest BCUT2D eigenvalue weighted by Crippen LogP contribution is -2.37. The van der Waals surface area contributed by atoms with E-state index in [0.29, 0.717) is 31.6 Å². The topological polar surface area (TPSA) is 94.2 Å². The highest BCUT2D eigenvalue weighted by atomic mass is 16.5. The number of hydrogen-bond donors (Lipinski definition) is 2. The van der Waals surface area contributed by atoms with Crippen LogP contribution in [0.25, 0.3) is 0 Å². The number of ether oxygens (including phenoxy) is 1. The molecule has 0 aliphatic heterocycles. The molecule has 4 rings (SSSR count). The van der Waals surface area contributed by atoms with Crippen molar-refractivity contribution in [3.05, 3.63) is 59.4 Å². The minimum atomic E-state index is 0.530. The van der Waals surface area contributed by atoms with Gasteiger partial charge in [-0.15, -0.1) is 10.2 Å². The van der Waals surface area contributed by atoms with Crippen LogP contribution in [-0.4, -0.2) is 37.6 Å². The molecule has 1 fully saturated rings. The van der Waals surface area contributed by atoms with Gasteiger partial charge in [0.05, 0.1) is 38.5 Å². The minimum absolute atomic E-state index is 0.530. The first-order chi connectivity index (χ1) is 15.6. The zero-order valence-corrected chi connectivity index (χ0v) is 19.1. The molecule has 1 aromatic carbocycles. The number of benzene rings is 1. The SMILES string of the molecule is COc1ccc(CN=C(NCc2ccn(C3CCCC3)n2)NCc2nnc(C)n2C)cc1. The van der Waals surface area contributed by atoms with Crippen molar-refractivity contribution in [2.75, 3.05) is 7.11 Å². The molecule has 9 nitrogen and oxygen atoms in total. The molecule has 0 atom stereocenters. The van der Waals surface area contributed by atoms with E-state index in [-0.39, 0.29) is 0 Å². The maximum absolute atomic E-state index is 5.24. The van der Waals surface area contributed by atoms with E-state index in [2.05, 4.69) is 37.8 Å². The van der Waals surface area contributed by atoms with Gasteiger partial charge < -0.3 is 19.9 Å². The molecular formula is C23H32N8O. The second-order valence-electron chi connectivity index (χ2n) is 8.17. The van der Waals surface area contributed by atoms with Gasteiger partial charge >= 0.3 is 0 Å². The fraction of sp³-hybridized carbons (Fsp3) is 0.478. The molecule has 170 valence electrons. The van der Waals surface area contributed by atoms with Crippen LogP contribution >= 0.6 is 0 Å². The molecule has 0 bridgehead atoms. The van der Waals surface area contributed by atoms with Gasteiger partial charge in [-0.3, -0.25) is 4.68 Å². The second-order valence-corrected chi connectivity index (χ2v) is 8.17. The van der Waals surface area contributed by atoms with Crippen LogP contribution in [0.3, 0.4) is 0 Å². The fourth-order valence-corrected chi connectivity index (χ4v) is 3.86. The van der Waals surface area contributed by atoms with Crippen molar-refractivity contribution in [1.29, 1.82) is 0 Å². The van der Waals surface area contributed by atoms with Gasteiger partial charge in [0, 0.05) is 13.2 Å². The Kier molecular flexibility index (Phi) is 7.03. The van der Waals surface area contributed by atoms with Crippen LogP contribution in [0.5, 0.6) is 5.75 Å². The summed E-state index contributed by atoms with van der Waals surface area (Å²) in [5.74, 6) is 3.28. The molecule has 32 heavy (non-hydrogen) atoms. The van der Waals surface area contributed by atoms with Gasteiger partial charge in [-0.25, -0.2) is 4.99 Å². The molecule has 0 amide bonds. The van der Waals surface area contributed by atoms with Crippen LogP contribution in [-0.2, 0) is 26.7 Å². The van der Waals surface area contributed by atoms with Gasteiger partial charge in [0.25, 0.3) is 0 Å². The average Bonchev–Trinajstić information content (AvgIpc) is 3.57. The lowest BCUT2D eigenvalue weighted by atomic mass is 10.2. The third-order valence-corrected chi connectivity index (χ3v) is 5.97. The third kappa shape index (κ3) is 5.46. The van der Waals surface area contributed by atoms with E-state index in [0.717, 1.165) is 28.7 Å². The summed E-state index contributed by atoms with van der Waals surface area (Å²) in [5.41, 5.74) is 2.11. The van der Waals surface area contributed by atoms with E-state index >= 15 is 0 Å². The number of aryl methyl sites for hydroxylation is 1. The Morgan fingerprint density at radius 2 is 1.84 bits per heavy atom. The Hall–Kier alpha value is -3.36. The Morgan fingerprint density at radius 1 is 1.09 bits per heavy atom. The fourth-order valence-electron chi connectivity index (χ4n) is 3.86. The first-order valence-electron chi connectivity index (χ1n) is 11.2. The largest absolute Gasteiger partial charge is 0.497 e. The van der Waals surface area contributed by atoms with E-state index in [4.69, 9.17) is 14.8 Å². The molecule has 0 unspecified atom stereocenters. The van der Waals surface area contributed by atoms with Crippen molar-refractivity contribution < 1.29 is 4.74 Å². The average molecular weight is 437 g/mol. The van der Waals surface area contributed by atoms with Crippen molar-refractivity contribution in [2.24, 2.45) is 12.0 Å². The molecule has 0 saturated heterocycles. The Morgan fingerprint density at radius 3 is 2.53 bits per heavy atom. The molecule has 2 aromatic heterocycles. The Balaban J connectivity index is 1.41. The smallest absolute Gasteiger partial charge is 0.192 e. The zero-order valence-electron chi connectivity index (χ0n) is 19.1. The minimum Gasteiger partial charge on any atom is -0.497 e. The Bertz CT molecular complexity index is 1030. The summed E-state index contributed by atoms with van der Waals surface area (Å²) < 4.78 is 9.33. The molecule has 0 radical (unpaired) electrons. The number of nitrogens with one attached hydrogen (secondary N) is 2. The zero-order chi connectivity index (χ0) is 22.3. The lowest BCUT2D eigenvalue weighted by molar-refractivity contribution is 0.414. The highest BCUT2D eigenvalue weighted by molar-refractivity contribution is 5.79. The highest BCUT2D eigenvalue weighted by Crippen LogP contribution is 2.28. The summed E-state index contributed by atoms with van der Waals surface area (Å²) in [6.07, 6.45) is 7.14. The predicted octanol–water partition coefficient (Wildman–Crippen LogP) is 2.88. The van der Waals surface area contributed by atoms with Crippen LogP contribution in [0, 0.1) is 6.92 Å². The van der Waals surface area contributed by atoms with Gasteiger partial charge in [-0.05, 0) is 43.5 Å². The molecule has 1 aliphatic carbocycles. The molecular weight excluding hydrogens is 404 g/mol. The van der Waals surface area contributed by atoms with Crippen LogP contribution in [0.1, 0.15) is 54.6 Å². The molecule has 3 aromatic rings. The van der Waals surface area contributed by atoms with Crippen molar-refractivity contribution in [3.8, 4) is 5.75 Å². The van der Waals surface area contributed by atoms with Gasteiger partial charge in [0.2, 0.25) is 0 Å². The number of rotatable bonds is 8. The molecule has 2 heterocycles. The van der Waals surface area contributed by atoms with Crippen molar-refractivity contribution >= 4 is 5.96 Å². The standard InChI is InChI=1S/C23H32N8O/c1-17-27-28-22(30(17)2)16-26-23(24-14-18-8-10-21(32-3)11-9-18)25-15-19-12-13-31(29-19)20-6-4-5-7-20/h8-13,20H,4-7,14-16H2,1-3H3,(H2,24,25,26). The second kappa shape index (κ2) is 10.3. The van der Waals surface area contributed by atoms with Crippen LogP contribution in [0.2, 0.25) is 0 Å². The number of methoxy groups -OCH3 is 1. The first kappa shape index (κ1) is 21.9. The highest BCUT2D eigenvalue weighted by Gasteiger charge is 2.17. The maximum Gasteiger partial charge on any atom is 0.192 e. The number of nitrogens with zero attached hydrogens (tertiary/aromatic N) is 6. The lowest BCUT2D eigenvalue weighted by Gasteiger charge is -2.12. The number of aromatic nitrogens is 5. The molecule has 1 saturated carbocycles. The predicted molar refractivity (Wildman–Crippen MR) is 123 cm³/mol. The third-order valence-electron chi connectivity index (χ3n) is 5.97. The number of aliphatic imine (C=N–C) groups is 1. The summed E-state index contributed by atoms with van der Waals surface area (Å²) in [4.78, 5) is 4.76. The van der Waals surface area contributed by atoms with Crippen molar-refractivity contribution in [1.82, 2.24) is 35.2 Å². The van der Waals surface area contributed by atoms with Gasteiger partial charge in [-0.1, -0.05) is 25.0 Å². The number of guanidine groups is 1. The summed E-state index contributed by atoms with van der Waals surface area (Å²) >= 11 is 0. The van der Waals surface area contributed by atoms with E-state index in [9.17, 15) is 0 Å². The van der Waals surface area contributed by atoms with Crippen molar-refractivity contribution in [3.63, 3.8) is 0 Å². The Labute approximate surface area is 188 Å². The van der Waals surface area contributed by atoms with Crippen molar-refractivity contribution in [2.45, 2.75) is 58.3 Å². The van der Waals surface area contributed by atoms with E-state index in [1.165, 1.54) is 25.7 Å². The van der Waals surface area contributed by atoms with Gasteiger partial charge in [0.1, 0.15) is 11.6 Å². The van der Waals surface area contributed by atoms with E-state index in [1.54, 1.807) is 7.11 Å². The van der Waals surface area contributed by atoms with E-state index in [1.807, 2.05) is 42.8 Å². The van der Waals surface area contributed by atoms with Crippen LogP contribution in [0.4, 0.5) is 0 Å². The van der Waals surface area contributed by atoms with Gasteiger partial charge in [0.15, 0.2) is 11.8 Å². The molecule has 9 heteroatoms.